The summed E-state index contributed by atoms with van der Waals surface area (Å²) in [5.74, 6) is 1.16. The predicted octanol–water partition coefficient (Wildman–Crippen LogP) is 4.39. The molecular formula is C25H23NO7S. The highest BCUT2D eigenvalue weighted by atomic mass is 32.2. The number of carbonyl (C=O) groups excluding carboxylic acids is 1. The van der Waals surface area contributed by atoms with Gasteiger partial charge in [0.1, 0.15) is 5.75 Å². The van der Waals surface area contributed by atoms with Gasteiger partial charge in [0.05, 0.1) is 50.1 Å². The van der Waals surface area contributed by atoms with Crippen molar-refractivity contribution < 1.29 is 32.2 Å². The van der Waals surface area contributed by atoms with Crippen LogP contribution in [0.1, 0.15) is 10.4 Å². The van der Waals surface area contributed by atoms with E-state index in [2.05, 4.69) is 0 Å². The smallest absolute Gasteiger partial charge is 0.268 e. The standard InChI is InChI=1S/C25H23NO7S/c1-30-18-10-11-21-16(12-18)14-22(26(21)34(28,29)19-8-6-5-7-9-19)20-13-17(15-27)23(31-2)25(33-4)24(20)32-3/h5-15H,1-4H3. The third-order valence-electron chi connectivity index (χ3n) is 5.48. The molecule has 0 aliphatic rings. The Balaban J connectivity index is 2.16. The Morgan fingerprint density at radius 3 is 2.03 bits per heavy atom. The van der Waals surface area contributed by atoms with E-state index in [1.54, 1.807) is 42.5 Å². The van der Waals surface area contributed by atoms with Crippen molar-refractivity contribution in [1.29, 1.82) is 0 Å². The quantitative estimate of drug-likeness (QED) is 0.345. The first-order valence-corrected chi connectivity index (χ1v) is 11.6. The van der Waals surface area contributed by atoms with Crippen molar-refractivity contribution in [2.24, 2.45) is 0 Å². The topological polar surface area (TPSA) is 93.1 Å². The zero-order chi connectivity index (χ0) is 24.5. The Labute approximate surface area is 197 Å². The minimum absolute atomic E-state index is 0.111. The number of rotatable bonds is 8. The lowest BCUT2D eigenvalue weighted by molar-refractivity contribution is 0.112. The van der Waals surface area contributed by atoms with E-state index in [0.29, 0.717) is 28.5 Å². The fourth-order valence-electron chi connectivity index (χ4n) is 3.96. The van der Waals surface area contributed by atoms with Crippen LogP contribution in [-0.4, -0.2) is 47.1 Å². The van der Waals surface area contributed by atoms with Crippen LogP contribution in [0.2, 0.25) is 0 Å². The number of carbonyl (C=O) groups is 1. The maximum Gasteiger partial charge on any atom is 0.268 e. The van der Waals surface area contributed by atoms with E-state index in [0.717, 1.165) is 0 Å². The van der Waals surface area contributed by atoms with Crippen molar-refractivity contribution in [2.75, 3.05) is 28.4 Å². The molecule has 0 atom stereocenters. The molecule has 0 aliphatic heterocycles. The molecule has 4 rings (SSSR count). The molecular weight excluding hydrogens is 458 g/mol. The monoisotopic (exact) mass is 481 g/mol. The van der Waals surface area contributed by atoms with E-state index in [1.807, 2.05) is 0 Å². The second kappa shape index (κ2) is 9.11. The number of aldehydes is 1. The number of fused-ring (bicyclic) bond motifs is 1. The van der Waals surface area contributed by atoms with Crippen molar-refractivity contribution >= 4 is 27.2 Å². The van der Waals surface area contributed by atoms with Gasteiger partial charge in [-0.25, -0.2) is 12.4 Å². The number of methoxy groups -OCH3 is 4. The van der Waals surface area contributed by atoms with E-state index < -0.39 is 10.0 Å². The molecule has 0 bridgehead atoms. The summed E-state index contributed by atoms with van der Waals surface area (Å²) in [7, 11) is 1.75. The predicted molar refractivity (Wildman–Crippen MR) is 128 cm³/mol. The first-order chi connectivity index (χ1) is 16.4. The summed E-state index contributed by atoms with van der Waals surface area (Å²) in [4.78, 5) is 12.0. The van der Waals surface area contributed by atoms with Crippen LogP contribution in [0.3, 0.4) is 0 Å². The molecule has 176 valence electrons. The maximum absolute atomic E-state index is 13.9. The largest absolute Gasteiger partial charge is 0.497 e. The zero-order valence-electron chi connectivity index (χ0n) is 19.1. The van der Waals surface area contributed by atoms with Crippen LogP contribution in [-0.2, 0) is 10.0 Å². The SMILES string of the molecule is COc1ccc2c(c1)cc(-c1cc(C=O)c(OC)c(OC)c1OC)n2S(=O)(=O)c1ccccc1. The molecule has 0 fully saturated rings. The van der Waals surface area contributed by atoms with Crippen LogP contribution in [0.25, 0.3) is 22.2 Å². The van der Waals surface area contributed by atoms with Gasteiger partial charge in [-0.05, 0) is 42.5 Å². The first-order valence-electron chi connectivity index (χ1n) is 10.2. The lowest BCUT2D eigenvalue weighted by atomic mass is 10.0. The molecule has 4 aromatic rings. The molecule has 0 radical (unpaired) electrons. The van der Waals surface area contributed by atoms with Gasteiger partial charge >= 0.3 is 0 Å². The third-order valence-corrected chi connectivity index (χ3v) is 7.22. The van der Waals surface area contributed by atoms with E-state index in [9.17, 15) is 13.2 Å². The molecule has 0 saturated carbocycles. The van der Waals surface area contributed by atoms with Crippen molar-refractivity contribution in [3.8, 4) is 34.3 Å². The van der Waals surface area contributed by atoms with Crippen LogP contribution in [0.5, 0.6) is 23.0 Å². The molecule has 0 N–H and O–H groups in total. The molecule has 0 spiro atoms. The molecule has 0 unspecified atom stereocenters. The minimum Gasteiger partial charge on any atom is -0.497 e. The van der Waals surface area contributed by atoms with Gasteiger partial charge in [0.25, 0.3) is 10.0 Å². The van der Waals surface area contributed by atoms with Gasteiger partial charge in [-0.1, -0.05) is 18.2 Å². The Hall–Kier alpha value is -3.98. The van der Waals surface area contributed by atoms with Crippen LogP contribution in [0.15, 0.2) is 65.6 Å². The van der Waals surface area contributed by atoms with E-state index in [-0.39, 0.29) is 33.4 Å². The fraction of sp³-hybridized carbons (Fsp3) is 0.160. The van der Waals surface area contributed by atoms with Gasteiger partial charge in [-0.15, -0.1) is 0 Å². The highest BCUT2D eigenvalue weighted by Gasteiger charge is 2.29. The zero-order valence-corrected chi connectivity index (χ0v) is 19.9. The van der Waals surface area contributed by atoms with Crippen molar-refractivity contribution in [1.82, 2.24) is 3.97 Å². The lowest BCUT2D eigenvalue weighted by Gasteiger charge is -2.19. The number of hydrogen-bond donors (Lipinski definition) is 0. The van der Waals surface area contributed by atoms with Gasteiger partial charge in [0, 0.05) is 10.9 Å². The van der Waals surface area contributed by atoms with Gasteiger partial charge in [-0.2, -0.15) is 0 Å². The summed E-state index contributed by atoms with van der Waals surface area (Å²) >= 11 is 0. The Kier molecular flexibility index (Phi) is 6.21. The average molecular weight is 482 g/mol. The summed E-state index contributed by atoms with van der Waals surface area (Å²) in [5, 5.41) is 0.623. The average Bonchev–Trinajstić information content (AvgIpc) is 3.26. The molecule has 1 heterocycles. The normalized spacial score (nSPS) is 11.3. The summed E-state index contributed by atoms with van der Waals surface area (Å²) < 4.78 is 50.8. The molecule has 0 aliphatic carbocycles. The summed E-state index contributed by atoms with van der Waals surface area (Å²) in [5.41, 5.74) is 1.25. The van der Waals surface area contributed by atoms with Crippen molar-refractivity contribution in [3.63, 3.8) is 0 Å². The highest BCUT2D eigenvalue weighted by Crippen LogP contribution is 2.48. The summed E-state index contributed by atoms with van der Waals surface area (Å²) in [6.07, 6.45) is 0.617. The molecule has 34 heavy (non-hydrogen) atoms. The van der Waals surface area contributed by atoms with E-state index in [1.165, 1.54) is 50.6 Å². The Morgan fingerprint density at radius 2 is 1.44 bits per heavy atom. The number of aromatic nitrogens is 1. The second-order valence-corrected chi connectivity index (χ2v) is 9.05. The summed E-state index contributed by atoms with van der Waals surface area (Å²) in [6, 6.07) is 16.4. The minimum atomic E-state index is -4.04. The van der Waals surface area contributed by atoms with Crippen LogP contribution in [0, 0.1) is 0 Å². The molecule has 0 saturated heterocycles. The fourth-order valence-corrected chi connectivity index (χ4v) is 5.51. The number of nitrogens with zero attached hydrogens (tertiary/aromatic N) is 1. The van der Waals surface area contributed by atoms with Gasteiger partial charge in [-0.3, -0.25) is 4.79 Å². The van der Waals surface area contributed by atoms with Crippen LogP contribution >= 0.6 is 0 Å². The first kappa shape index (κ1) is 23.2. The van der Waals surface area contributed by atoms with Gasteiger partial charge < -0.3 is 18.9 Å². The maximum atomic E-state index is 13.9. The van der Waals surface area contributed by atoms with E-state index >= 15 is 0 Å². The van der Waals surface area contributed by atoms with Crippen LogP contribution < -0.4 is 18.9 Å². The molecule has 3 aromatic carbocycles. The molecule has 8 nitrogen and oxygen atoms in total. The number of benzene rings is 3. The second-order valence-electron chi connectivity index (χ2n) is 7.27. The summed E-state index contributed by atoms with van der Waals surface area (Å²) in [6.45, 7) is 0. The van der Waals surface area contributed by atoms with Gasteiger partial charge in [0.2, 0.25) is 5.75 Å². The molecule has 0 amide bonds. The lowest BCUT2D eigenvalue weighted by Crippen LogP contribution is -2.14. The van der Waals surface area contributed by atoms with E-state index in [4.69, 9.17) is 18.9 Å². The third kappa shape index (κ3) is 3.63. The number of hydrogen-bond acceptors (Lipinski definition) is 7. The molecule has 9 heteroatoms. The van der Waals surface area contributed by atoms with Crippen molar-refractivity contribution in [3.05, 3.63) is 66.2 Å². The molecule has 1 aromatic heterocycles. The Morgan fingerprint density at radius 1 is 0.765 bits per heavy atom. The van der Waals surface area contributed by atoms with Crippen molar-refractivity contribution in [2.45, 2.75) is 4.90 Å². The highest BCUT2D eigenvalue weighted by molar-refractivity contribution is 7.90. The van der Waals surface area contributed by atoms with Gasteiger partial charge in [0.15, 0.2) is 17.8 Å². The number of ether oxygens (including phenoxy) is 4. The van der Waals surface area contributed by atoms with Crippen LogP contribution in [0.4, 0.5) is 0 Å². The Bertz CT molecular complexity index is 1470.